The van der Waals surface area contributed by atoms with E-state index < -0.39 is 328 Å². The average Bonchev–Trinajstić information content (AvgIpc) is 1.69. The summed E-state index contributed by atoms with van der Waals surface area (Å²) < 4.78 is 0. The molecule has 0 radical (unpaired) electrons. The summed E-state index contributed by atoms with van der Waals surface area (Å²) in [6, 6.07) is -27.7. The van der Waals surface area contributed by atoms with E-state index in [1.54, 1.807) is 61.0 Å². The van der Waals surface area contributed by atoms with Crippen LogP contribution in [0.5, 0.6) is 0 Å². The Labute approximate surface area is 823 Å². The Morgan fingerprint density at radius 1 is 0.369 bits per heavy atom. The number of aromatic nitrogens is 4. The monoisotopic (exact) mass is 2040 g/mol. The van der Waals surface area contributed by atoms with Crippen molar-refractivity contribution in [3.05, 3.63) is 36.4 Å². The molecule has 0 saturated carbocycles. The number of hydrogen-bond donors (Lipinski definition) is 29. The molecule has 0 bridgehead atoms. The Balaban J connectivity index is 2.53. The summed E-state index contributed by atoms with van der Waals surface area (Å²) in [6.45, 7) is 12.5. The minimum absolute atomic E-state index is 0.0267. The van der Waals surface area contributed by atoms with Gasteiger partial charge in [0.2, 0.25) is 118 Å². The van der Waals surface area contributed by atoms with Gasteiger partial charge in [-0.15, -0.1) is 0 Å². The van der Waals surface area contributed by atoms with E-state index in [0.29, 0.717) is 12.2 Å². The third-order valence-corrected chi connectivity index (χ3v) is 22.9. The average molecular weight is 2040 g/mol. The lowest BCUT2D eigenvalue weighted by Gasteiger charge is -2.30. The number of aliphatic hydroxyl groups is 3. The summed E-state index contributed by atoms with van der Waals surface area (Å²) in [7, 11) is 0. The zero-order valence-corrected chi connectivity index (χ0v) is 82.9. The Kier molecular flexibility index (Phi) is 57.6. The molecular formula is C86H144N26O27S2. The van der Waals surface area contributed by atoms with Crippen molar-refractivity contribution in [2.24, 2.45) is 58.3 Å². The van der Waals surface area contributed by atoms with E-state index >= 15 is 0 Å². The molecule has 34 N–H and O–H groups in total. The van der Waals surface area contributed by atoms with E-state index in [1.165, 1.54) is 69.3 Å². The minimum Gasteiger partial charge on any atom is -0.481 e. The maximum atomic E-state index is 14.8. The van der Waals surface area contributed by atoms with E-state index in [4.69, 9.17) is 28.7 Å². The summed E-state index contributed by atoms with van der Waals surface area (Å²) >= 11 is 2.52. The number of aromatic amines is 2. The molecular weight excluding hydrogens is 1890 g/mol. The first-order valence-electron chi connectivity index (χ1n) is 46.0. The normalized spacial score (nSPS) is 15.1. The van der Waals surface area contributed by atoms with E-state index in [2.05, 4.69) is 110 Å². The topological polar surface area (TPSA) is 869 Å². The Morgan fingerprint density at radius 2 is 0.702 bits per heavy atom. The zero-order chi connectivity index (χ0) is 107. The van der Waals surface area contributed by atoms with Crippen molar-refractivity contribution in [1.82, 2.24) is 110 Å². The fraction of sp³-hybridized carbons (Fsp3) is 0.674. The molecule has 0 fully saturated rings. The Bertz CT molecular complexity index is 4480. The summed E-state index contributed by atoms with van der Waals surface area (Å²) in [6.07, 6.45) is 3.46. The van der Waals surface area contributed by atoms with Gasteiger partial charge in [-0.2, -0.15) is 23.5 Å². The summed E-state index contributed by atoms with van der Waals surface area (Å²) in [5.74, 6) is -26.5. The highest BCUT2D eigenvalue weighted by Crippen LogP contribution is 2.18. The van der Waals surface area contributed by atoms with E-state index in [-0.39, 0.29) is 87.4 Å². The lowest BCUT2D eigenvalue weighted by Crippen LogP contribution is -2.62. The third kappa shape index (κ3) is 47.4. The van der Waals surface area contributed by atoms with Crippen LogP contribution in [0.2, 0.25) is 0 Å². The highest BCUT2D eigenvalue weighted by Gasteiger charge is 2.42. The second kappa shape index (κ2) is 65.3. The van der Waals surface area contributed by atoms with Crippen molar-refractivity contribution in [3.8, 4) is 0 Å². The Hall–Kier alpha value is -12.7. The first-order valence-corrected chi connectivity index (χ1v) is 48.8. The van der Waals surface area contributed by atoms with E-state index in [1.807, 2.05) is 0 Å². The van der Waals surface area contributed by atoms with Crippen LogP contribution >= 0.6 is 23.5 Å². The molecule has 0 aliphatic rings. The number of carboxylic acids is 2. The molecule has 2 rings (SSSR count). The molecule has 0 aliphatic heterocycles. The molecule has 792 valence electrons. The van der Waals surface area contributed by atoms with Gasteiger partial charge in [-0.3, -0.25) is 101 Å². The number of unbranched alkanes of at least 4 members (excludes halogenated alkanes) is 1. The zero-order valence-electron chi connectivity index (χ0n) is 81.3. The van der Waals surface area contributed by atoms with Crippen molar-refractivity contribution in [3.63, 3.8) is 0 Å². The van der Waals surface area contributed by atoms with Crippen LogP contribution in [0.1, 0.15) is 177 Å². The molecule has 0 unspecified atom stereocenters. The predicted octanol–water partition coefficient (Wildman–Crippen LogP) is -9.46. The van der Waals surface area contributed by atoms with Gasteiger partial charge in [0.25, 0.3) is 0 Å². The van der Waals surface area contributed by atoms with Crippen LogP contribution in [-0.4, -0.2) is 335 Å². The number of aliphatic hydroxyl groups excluding tert-OH is 3. The number of carbonyl (C=O) groups is 22. The van der Waals surface area contributed by atoms with E-state index in [9.17, 15) is 131 Å². The fourth-order valence-corrected chi connectivity index (χ4v) is 14.6. The molecule has 2 aromatic rings. The number of hydrogen-bond acceptors (Lipinski definition) is 31. The first kappa shape index (κ1) is 124. The predicted molar refractivity (Wildman–Crippen MR) is 510 cm³/mol. The summed E-state index contributed by atoms with van der Waals surface area (Å²) in [5, 5.41) is 90.4. The lowest BCUT2D eigenvalue weighted by atomic mass is 9.96. The van der Waals surface area contributed by atoms with Gasteiger partial charge in [-0.1, -0.05) is 75.7 Å². The number of nitrogens with zero attached hydrogens (tertiary/aromatic N) is 2. The van der Waals surface area contributed by atoms with Crippen molar-refractivity contribution in [2.45, 2.75) is 281 Å². The van der Waals surface area contributed by atoms with Crippen LogP contribution in [0, 0.1) is 29.6 Å². The quantitative estimate of drug-likeness (QED) is 0.0274. The number of nitrogens with one attached hydrogen (secondary N) is 19. The second-order valence-corrected chi connectivity index (χ2v) is 37.2. The maximum absolute atomic E-state index is 14.8. The number of carboxylic acid groups (broad SMARTS) is 2. The number of aliphatic carboxylic acids is 2. The third-order valence-electron chi connectivity index (χ3n) is 21.6. The van der Waals surface area contributed by atoms with Gasteiger partial charge in [0, 0.05) is 38.1 Å². The smallest absolute Gasteiger partial charge is 0.326 e. The fourth-order valence-electron chi connectivity index (χ4n) is 13.7. The number of primary amides is 3. The van der Waals surface area contributed by atoms with Crippen molar-refractivity contribution >= 4 is 154 Å². The van der Waals surface area contributed by atoms with Gasteiger partial charge < -0.3 is 155 Å². The van der Waals surface area contributed by atoms with Crippen LogP contribution in [-0.2, 0) is 118 Å². The highest BCUT2D eigenvalue weighted by molar-refractivity contribution is 7.98. The van der Waals surface area contributed by atoms with Crippen molar-refractivity contribution in [1.29, 1.82) is 0 Å². The van der Waals surface area contributed by atoms with Gasteiger partial charge in [0.05, 0.1) is 63.2 Å². The summed E-state index contributed by atoms with van der Waals surface area (Å²) in [5.41, 5.74) is 28.4. The van der Waals surface area contributed by atoms with Gasteiger partial charge >= 0.3 is 11.9 Å². The molecule has 20 amide bonds. The minimum atomic E-state index is -1.91. The summed E-state index contributed by atoms with van der Waals surface area (Å²) in [4.78, 5) is 315. The van der Waals surface area contributed by atoms with Crippen LogP contribution in [0.4, 0.5) is 0 Å². The molecule has 141 heavy (non-hydrogen) atoms. The van der Waals surface area contributed by atoms with Crippen LogP contribution in [0.25, 0.3) is 0 Å². The number of thioether (sulfide) groups is 2. The van der Waals surface area contributed by atoms with Crippen LogP contribution < -0.4 is 119 Å². The number of rotatable bonds is 71. The highest BCUT2D eigenvalue weighted by atomic mass is 32.2. The molecule has 2 aromatic heterocycles. The molecule has 0 aromatic carbocycles. The standard InChI is InChI=1S/C86H144N26O27S2/c1-13-45(10)69(112-75(127)51(18-20-67(120)121)98-82(134)62(38-115)110-84(136)68(44(8)9)111-70(122)48(88)36-113)85(137)100-50(17-19-63(89)116)73(125)103-55(27-42(4)5)76(128)99-52(21-24-140-11)74(126)106-58(30-47-34-93-40-96-47)79(131)108-59(31-64(90)117)80(132)102-54(26-41(2)3)71(123)94-35-66(119)97-49(16-14-15-23-87)72(124)105-57(29-46-33-92-39-95-46)78(130)104-56(28-43(6)7)77(129)107-60(32-65(91)118)81(133)109-61(37-114)83(135)101-53(86(138)139)22-25-141-12/h33-34,39-45,48-62,68-69,113-115H,13-32,35-38,87-88H2,1-12H3,(H2,89,116)(H2,90,117)(H2,91,118)(H,92,95)(H,93,96)(H,94,123)(H,97,119)(H,98,134)(H,99,128)(H,100,137)(H,101,135)(H,102,132)(H,103,125)(H,104,130)(H,105,124)(H,106,126)(H,107,129)(H,108,131)(H,109,133)(H,110,136)(H,111,122)(H,112,127)(H,120,121)(H,138,139)/t45-,48-,49-,50-,51-,52-,53-,54-,55-,56-,57-,58-,59-,60-,61-,62-,68-,69-/m0/s1. The van der Waals surface area contributed by atoms with Crippen LogP contribution in [0.15, 0.2) is 25.0 Å². The van der Waals surface area contributed by atoms with Gasteiger partial charge in [0.1, 0.15) is 103 Å². The molecule has 2 heterocycles. The number of H-pyrrole nitrogens is 2. The maximum Gasteiger partial charge on any atom is 0.326 e. The second-order valence-electron chi connectivity index (χ2n) is 35.3. The van der Waals surface area contributed by atoms with Gasteiger partial charge in [0.15, 0.2) is 0 Å². The molecule has 0 spiro atoms. The van der Waals surface area contributed by atoms with Gasteiger partial charge in [-0.25, -0.2) is 14.8 Å². The Morgan fingerprint density at radius 3 is 1.08 bits per heavy atom. The van der Waals surface area contributed by atoms with Crippen molar-refractivity contribution in [2.75, 3.05) is 56.9 Å². The first-order chi connectivity index (χ1) is 66.4. The number of amides is 20. The van der Waals surface area contributed by atoms with E-state index in [0.717, 1.165) is 0 Å². The number of carbonyl (C=O) groups excluding carboxylic acids is 20. The SMILES string of the molecule is CC[C@H](C)[C@H](NC(=O)[C@H](CCC(=O)O)NC(=O)[C@H](CO)NC(=O)[C@@H](NC(=O)[C@@H](N)CO)C(C)C)C(=O)N[C@@H](CCC(N)=O)C(=O)N[C@@H](CC(C)C)C(=O)N[C@@H](CCSC)C(=O)N[C@@H](Cc1c[nH]cn1)C(=O)N[C@@H](CC(N)=O)C(=O)N[C@@H](CC(C)C)C(=O)NCC(=O)N[C@@H](CCCCN)C(=O)N[C@@H](Cc1c[nH]cn1)C(=O)N[C@@H](CC(C)C)C(=O)N[C@@H](CC(N)=O)C(=O)N[C@@H](CO)C(=O)N[C@@H](CCSC)C(=O)O. The van der Waals surface area contributed by atoms with Crippen LogP contribution in [0.3, 0.4) is 0 Å². The van der Waals surface area contributed by atoms with Crippen molar-refractivity contribution < 1.29 is 131 Å². The molecule has 0 aliphatic carbocycles. The number of nitrogens with two attached hydrogens (primary N) is 5. The number of imidazole rings is 2. The van der Waals surface area contributed by atoms with Gasteiger partial charge in [-0.05, 0) is 124 Å². The molecule has 18 atom stereocenters. The lowest BCUT2D eigenvalue weighted by molar-refractivity contribution is -0.142. The molecule has 0 saturated heterocycles. The molecule has 55 heteroatoms. The molecule has 53 nitrogen and oxygen atoms in total. The largest absolute Gasteiger partial charge is 0.481 e.